The molecule has 5 heterocycles. The van der Waals surface area contributed by atoms with Gasteiger partial charge in [0, 0.05) is 43.7 Å². The molecule has 1 aliphatic carbocycles. The maximum atomic E-state index is 13.9. The Morgan fingerprint density at radius 3 is 1.83 bits per heavy atom. The third-order valence-corrected chi connectivity index (χ3v) is 12.8. The van der Waals surface area contributed by atoms with Crippen molar-refractivity contribution in [2.24, 2.45) is 11.8 Å². The van der Waals surface area contributed by atoms with Crippen molar-refractivity contribution in [2.75, 3.05) is 33.4 Å². The number of hydrogen-bond acceptors (Lipinski definition) is 9. The molecule has 0 unspecified atom stereocenters. The molecule has 3 aromatic rings. The van der Waals surface area contributed by atoms with Gasteiger partial charge in [0.1, 0.15) is 29.8 Å². The topological polar surface area (TPSA) is 184 Å². The summed E-state index contributed by atoms with van der Waals surface area (Å²) in [6, 6.07) is 7.05. The van der Waals surface area contributed by atoms with E-state index in [-0.39, 0.29) is 41.8 Å². The predicted octanol–water partition coefficient (Wildman–Crippen LogP) is 6.88. The number of imidazole rings is 2. The third-order valence-electron chi connectivity index (χ3n) is 12.8. The van der Waals surface area contributed by atoms with Gasteiger partial charge in [-0.2, -0.15) is 0 Å². The number of carbonyl (C=O) groups is 4. The molecular weight excluding hydrogens is 753 g/mol. The standard InChI is InChI=1S/C44H62N8O7/c1-26(2)37(49-43(55)57-5)41(53)51-20-6-8-35(51)39-45-24-33(47-39)30-14-10-28(11-15-30)29-12-16-31(17-13-29)34-25-46-40(48-34)36-9-7-21-52(36)42(54)38(27(3)4)50-44(56)59-32-18-22-58-23-19-32/h10-11,14-15,24-27,29,31-32,35-38H,6-9,12-13,16-23H2,1-5H3,(H,45,47)(H,46,48)(H,49,55)(H,50,56)/t29?,31?,35-,36-,37-,38+/m0/s1. The number of aromatic amines is 2. The van der Waals surface area contributed by atoms with Crippen LogP contribution in [-0.2, 0) is 23.8 Å². The fourth-order valence-electron chi connectivity index (χ4n) is 9.36. The van der Waals surface area contributed by atoms with E-state index in [4.69, 9.17) is 24.2 Å². The van der Waals surface area contributed by atoms with E-state index in [1.165, 1.54) is 12.7 Å². The first-order chi connectivity index (χ1) is 28.5. The Morgan fingerprint density at radius 2 is 1.25 bits per heavy atom. The van der Waals surface area contributed by atoms with Gasteiger partial charge in [0.2, 0.25) is 11.8 Å². The van der Waals surface area contributed by atoms with E-state index >= 15 is 0 Å². The molecule has 0 bridgehead atoms. The molecule has 1 saturated carbocycles. The molecule has 4 fully saturated rings. The molecule has 1 aromatic carbocycles. The minimum Gasteiger partial charge on any atom is -0.453 e. The van der Waals surface area contributed by atoms with E-state index in [2.05, 4.69) is 44.9 Å². The minimum absolute atomic E-state index is 0.0936. The zero-order valence-corrected chi connectivity index (χ0v) is 35.2. The Morgan fingerprint density at radius 1 is 0.712 bits per heavy atom. The number of nitrogens with one attached hydrogen (secondary N) is 4. The van der Waals surface area contributed by atoms with Crippen LogP contribution in [0.2, 0.25) is 0 Å². The first-order valence-electron chi connectivity index (χ1n) is 21.7. The summed E-state index contributed by atoms with van der Waals surface area (Å²) < 4.78 is 15.8. The number of methoxy groups -OCH3 is 1. The zero-order chi connectivity index (χ0) is 41.6. The molecule has 4 N–H and O–H groups in total. The van der Waals surface area contributed by atoms with Crippen molar-refractivity contribution >= 4 is 24.0 Å². The van der Waals surface area contributed by atoms with Gasteiger partial charge in [-0.3, -0.25) is 9.59 Å². The average Bonchev–Trinajstić information content (AvgIpc) is 4.09. The molecular formula is C44H62N8O7. The molecule has 59 heavy (non-hydrogen) atoms. The number of amides is 4. The second-order valence-electron chi connectivity index (χ2n) is 17.4. The Labute approximate surface area is 347 Å². The van der Waals surface area contributed by atoms with Gasteiger partial charge in [0.15, 0.2) is 0 Å². The van der Waals surface area contributed by atoms with E-state index in [0.29, 0.717) is 51.0 Å². The van der Waals surface area contributed by atoms with Crippen LogP contribution in [0, 0.1) is 11.8 Å². The highest BCUT2D eigenvalue weighted by Crippen LogP contribution is 2.41. The van der Waals surface area contributed by atoms with Gasteiger partial charge in [-0.05, 0) is 80.2 Å². The van der Waals surface area contributed by atoms with E-state index in [1.54, 1.807) is 0 Å². The van der Waals surface area contributed by atoms with Crippen molar-refractivity contribution < 1.29 is 33.4 Å². The fraction of sp³-hybridized carbons (Fsp3) is 0.636. The second kappa shape index (κ2) is 19.0. The predicted molar refractivity (Wildman–Crippen MR) is 220 cm³/mol. The monoisotopic (exact) mass is 814 g/mol. The zero-order valence-electron chi connectivity index (χ0n) is 35.2. The molecule has 15 nitrogen and oxygen atoms in total. The fourth-order valence-corrected chi connectivity index (χ4v) is 9.36. The number of likely N-dealkylation sites (tertiary alicyclic amines) is 2. The van der Waals surface area contributed by atoms with Crippen molar-refractivity contribution in [3.63, 3.8) is 0 Å². The van der Waals surface area contributed by atoms with Crippen LogP contribution in [0.5, 0.6) is 0 Å². The lowest BCUT2D eigenvalue weighted by Gasteiger charge is -2.31. The van der Waals surface area contributed by atoms with Crippen LogP contribution in [0.4, 0.5) is 9.59 Å². The SMILES string of the molecule is COC(=O)N[C@H](C(=O)N1CCC[C@H]1c1ncc(-c2ccc(C3CCC(c4cnc([C@@H]5CCCN5C(=O)[C@H](NC(=O)OC5CCOCC5)C(C)C)[nH]4)CC3)cc2)[nH]1)C(C)C. The molecule has 3 saturated heterocycles. The van der Waals surface area contributed by atoms with Crippen molar-refractivity contribution in [2.45, 2.75) is 134 Å². The first kappa shape index (κ1) is 42.2. The maximum absolute atomic E-state index is 13.9. The number of alkyl carbamates (subject to hydrolysis) is 2. The highest BCUT2D eigenvalue weighted by molar-refractivity contribution is 5.87. The largest absolute Gasteiger partial charge is 0.453 e. The number of carbonyl (C=O) groups excluding carboxylic acids is 4. The summed E-state index contributed by atoms with van der Waals surface area (Å²) in [5.41, 5.74) is 4.40. The van der Waals surface area contributed by atoms with Gasteiger partial charge in [-0.15, -0.1) is 0 Å². The quantitative estimate of drug-likeness (QED) is 0.151. The number of aromatic nitrogens is 4. The lowest BCUT2D eigenvalue weighted by Crippen LogP contribution is -2.51. The van der Waals surface area contributed by atoms with Crippen molar-refractivity contribution in [1.82, 2.24) is 40.4 Å². The summed E-state index contributed by atoms with van der Waals surface area (Å²) in [7, 11) is 1.30. The smallest absolute Gasteiger partial charge is 0.408 e. The third kappa shape index (κ3) is 9.77. The second-order valence-corrected chi connectivity index (χ2v) is 17.4. The lowest BCUT2D eigenvalue weighted by molar-refractivity contribution is -0.136. The van der Waals surface area contributed by atoms with Crippen LogP contribution in [0.15, 0.2) is 36.7 Å². The van der Waals surface area contributed by atoms with Crippen molar-refractivity contribution in [3.8, 4) is 11.3 Å². The number of hydrogen-bond donors (Lipinski definition) is 4. The molecule has 320 valence electrons. The van der Waals surface area contributed by atoms with Crippen LogP contribution < -0.4 is 10.6 Å². The van der Waals surface area contributed by atoms with E-state index in [9.17, 15) is 19.2 Å². The van der Waals surface area contributed by atoms with Crippen LogP contribution in [0.25, 0.3) is 11.3 Å². The minimum atomic E-state index is -0.680. The molecule has 3 aliphatic heterocycles. The highest BCUT2D eigenvalue weighted by Gasteiger charge is 2.39. The Balaban J connectivity index is 0.922. The van der Waals surface area contributed by atoms with Crippen molar-refractivity contribution in [3.05, 3.63) is 59.6 Å². The summed E-state index contributed by atoms with van der Waals surface area (Å²) in [6.07, 6.45) is 11.4. The maximum Gasteiger partial charge on any atom is 0.408 e. The highest BCUT2D eigenvalue weighted by atomic mass is 16.6. The Hall–Kier alpha value is -4.92. The summed E-state index contributed by atoms with van der Waals surface area (Å²) in [4.78, 5) is 72.6. The lowest BCUT2D eigenvalue weighted by atomic mass is 9.77. The van der Waals surface area contributed by atoms with E-state index in [1.807, 2.05) is 49.9 Å². The van der Waals surface area contributed by atoms with Crippen molar-refractivity contribution in [1.29, 1.82) is 0 Å². The molecule has 15 heteroatoms. The summed E-state index contributed by atoms with van der Waals surface area (Å²) in [6.45, 7) is 10.1. The van der Waals surface area contributed by atoms with Gasteiger partial charge in [-0.1, -0.05) is 52.0 Å². The Bertz CT molecular complexity index is 1900. The summed E-state index contributed by atoms with van der Waals surface area (Å²) in [5.74, 6) is 2.00. The molecule has 0 spiro atoms. The number of nitrogens with zero attached hydrogens (tertiary/aromatic N) is 4. The van der Waals surface area contributed by atoms with Crippen LogP contribution in [0.3, 0.4) is 0 Å². The van der Waals surface area contributed by atoms with E-state index in [0.717, 1.165) is 80.0 Å². The Kier molecular flexibility index (Phi) is 13.6. The van der Waals surface area contributed by atoms with Gasteiger partial charge in [-0.25, -0.2) is 19.6 Å². The number of H-pyrrole nitrogens is 2. The average molecular weight is 815 g/mol. The summed E-state index contributed by atoms with van der Waals surface area (Å²) >= 11 is 0. The number of ether oxygens (including phenoxy) is 3. The van der Waals surface area contributed by atoms with Gasteiger partial charge >= 0.3 is 12.2 Å². The number of rotatable bonds is 12. The molecule has 4 amide bonds. The van der Waals surface area contributed by atoms with Crippen LogP contribution in [0.1, 0.15) is 139 Å². The molecule has 0 radical (unpaired) electrons. The van der Waals surface area contributed by atoms with Gasteiger partial charge in [0.25, 0.3) is 0 Å². The van der Waals surface area contributed by atoms with E-state index < -0.39 is 24.3 Å². The number of benzene rings is 1. The summed E-state index contributed by atoms with van der Waals surface area (Å²) in [5, 5.41) is 5.58. The molecule has 2 aromatic heterocycles. The molecule has 4 aliphatic rings. The van der Waals surface area contributed by atoms with Gasteiger partial charge < -0.3 is 44.6 Å². The van der Waals surface area contributed by atoms with Gasteiger partial charge in [0.05, 0.1) is 44.3 Å². The van der Waals surface area contributed by atoms with Crippen LogP contribution in [-0.4, -0.2) is 105 Å². The molecule has 7 rings (SSSR count). The molecule has 4 atom stereocenters. The van der Waals surface area contributed by atoms with Crippen LogP contribution >= 0.6 is 0 Å². The normalized spacial score (nSPS) is 23.6. The first-order valence-corrected chi connectivity index (χ1v) is 21.7.